The molecule has 2 rings (SSSR count). The Morgan fingerprint density at radius 3 is 2.23 bits per heavy atom. The van der Waals surface area contributed by atoms with Gasteiger partial charge in [0.15, 0.2) is 0 Å². The minimum absolute atomic E-state index is 0.260. The Hall–Kier alpha value is 0.170. The first-order valence-electron chi connectivity index (χ1n) is 4.67. The van der Waals surface area contributed by atoms with E-state index in [1.807, 2.05) is 39.5 Å². The van der Waals surface area contributed by atoms with Crippen LogP contribution in [-0.4, -0.2) is 3.34 Å². The van der Waals surface area contributed by atoms with Crippen molar-refractivity contribution in [2.24, 2.45) is 0 Å². The summed E-state index contributed by atoms with van der Waals surface area (Å²) in [5.41, 5.74) is 0. The molecule has 1 aromatic carbocycles. The lowest BCUT2D eigenvalue weighted by Crippen LogP contribution is -1.69. The van der Waals surface area contributed by atoms with Crippen molar-refractivity contribution in [3.8, 4) is 0 Å². The first-order valence-corrected chi connectivity index (χ1v) is 7.88. The van der Waals surface area contributed by atoms with Gasteiger partial charge in [-0.15, -0.1) is 0 Å². The first kappa shape index (κ1) is 13.2. The third kappa shape index (κ3) is 4.27. The Morgan fingerprint density at radius 1 is 1.00 bits per heavy atom. The highest BCUT2D eigenvalue weighted by Crippen LogP contribution is 2.33. The molecule has 0 aromatic heterocycles. The van der Waals surface area contributed by atoms with Crippen LogP contribution in [0.25, 0.3) is 0 Å². The zero-order valence-corrected chi connectivity index (χ0v) is 11.6. The summed E-state index contributed by atoms with van der Waals surface area (Å²) in [4.78, 5) is 1.48. The van der Waals surface area contributed by atoms with Crippen molar-refractivity contribution in [1.82, 2.24) is 0 Å². The van der Waals surface area contributed by atoms with Gasteiger partial charge in [0.25, 0.3) is 0 Å². The molecule has 0 unspecified atom stereocenters. The van der Waals surface area contributed by atoms with Crippen LogP contribution in [0.5, 0.6) is 0 Å². The SMILES string of the molecule is C1=Ic2ccccc2S1.CC.CC. The van der Waals surface area contributed by atoms with Crippen molar-refractivity contribution in [3.63, 3.8) is 0 Å². The number of halogens is 1. The summed E-state index contributed by atoms with van der Waals surface area (Å²) < 4.78 is 3.94. The summed E-state index contributed by atoms with van der Waals surface area (Å²) in [5.74, 6) is 0. The van der Waals surface area contributed by atoms with Crippen LogP contribution in [0.3, 0.4) is 0 Å². The van der Waals surface area contributed by atoms with Crippen molar-refractivity contribution in [2.45, 2.75) is 32.6 Å². The molecule has 0 aliphatic carbocycles. The number of fused-ring (bicyclic) bond motifs is 1. The van der Waals surface area contributed by atoms with Crippen molar-refractivity contribution in [2.75, 3.05) is 0 Å². The summed E-state index contributed by atoms with van der Waals surface area (Å²) in [5, 5.41) is 0. The largest absolute Gasteiger partial charge is 0.0907 e. The highest BCUT2D eigenvalue weighted by atomic mass is 127. The molecule has 13 heavy (non-hydrogen) atoms. The third-order valence-corrected chi connectivity index (χ3v) is 5.46. The molecule has 0 N–H and O–H groups in total. The Bertz CT molecular complexity index is 256. The zero-order chi connectivity index (χ0) is 10.1. The van der Waals surface area contributed by atoms with E-state index in [0.717, 1.165) is 0 Å². The molecule has 1 aromatic rings. The zero-order valence-electron chi connectivity index (χ0n) is 8.67. The van der Waals surface area contributed by atoms with Crippen LogP contribution in [-0.2, 0) is 0 Å². The second kappa shape index (κ2) is 8.75. The molecule has 1 aliphatic heterocycles. The van der Waals surface area contributed by atoms with Crippen LogP contribution >= 0.6 is 32.5 Å². The molecule has 2 heteroatoms. The Kier molecular flexibility index (Phi) is 8.87. The Morgan fingerprint density at radius 2 is 1.62 bits per heavy atom. The molecule has 1 heterocycles. The standard InChI is InChI=1S/C7H5IS.2C2H6/c1-2-4-7-6(3-1)8-5-9-7;2*1-2/h1-5H;2*1-2H3. The molecule has 0 spiro atoms. The number of rotatable bonds is 0. The van der Waals surface area contributed by atoms with Gasteiger partial charge in [-0.3, -0.25) is 0 Å². The van der Waals surface area contributed by atoms with Gasteiger partial charge >= 0.3 is 0 Å². The van der Waals surface area contributed by atoms with Gasteiger partial charge in [0.2, 0.25) is 0 Å². The van der Waals surface area contributed by atoms with Gasteiger partial charge in [-0.25, -0.2) is 0 Å². The third-order valence-electron chi connectivity index (χ3n) is 1.17. The molecule has 0 atom stereocenters. The predicted molar refractivity (Wildman–Crippen MR) is 73.8 cm³/mol. The van der Waals surface area contributed by atoms with Crippen LogP contribution in [0.1, 0.15) is 27.7 Å². The van der Waals surface area contributed by atoms with Crippen LogP contribution in [0.2, 0.25) is 0 Å². The summed E-state index contributed by atoms with van der Waals surface area (Å²) in [6, 6.07) is 8.66. The number of benzene rings is 1. The summed E-state index contributed by atoms with van der Waals surface area (Å²) >= 11 is 2.15. The van der Waals surface area contributed by atoms with E-state index in [9.17, 15) is 0 Å². The van der Waals surface area contributed by atoms with Gasteiger partial charge in [-0.05, 0) is 12.1 Å². The maximum Gasteiger partial charge on any atom is 0.0250 e. The average Bonchev–Trinajstić information content (AvgIpc) is 2.71. The molecule has 0 saturated carbocycles. The molecule has 0 nitrogen and oxygen atoms in total. The van der Waals surface area contributed by atoms with Gasteiger partial charge in [-0.2, -0.15) is 0 Å². The number of hydrogen-bond donors (Lipinski definition) is 0. The fourth-order valence-electron chi connectivity index (χ4n) is 0.749. The fraction of sp³-hybridized carbons (Fsp3) is 0.364. The van der Waals surface area contributed by atoms with Gasteiger partial charge in [-0.1, -0.05) is 72.3 Å². The topological polar surface area (TPSA) is 0 Å². The van der Waals surface area contributed by atoms with Crippen molar-refractivity contribution >= 4 is 35.8 Å². The van der Waals surface area contributed by atoms with Crippen molar-refractivity contribution in [3.05, 3.63) is 27.8 Å². The molecule has 0 amide bonds. The Balaban J connectivity index is 0.000000322. The van der Waals surface area contributed by atoms with Gasteiger partial charge in [0, 0.05) is 11.8 Å². The van der Waals surface area contributed by atoms with Crippen molar-refractivity contribution in [1.29, 1.82) is 0 Å². The van der Waals surface area contributed by atoms with E-state index >= 15 is 0 Å². The minimum atomic E-state index is 0.260. The molecule has 0 fully saturated rings. The minimum Gasteiger partial charge on any atom is -0.0907 e. The first-order chi connectivity index (χ1) is 6.47. The van der Waals surface area contributed by atoms with E-state index in [1.165, 1.54) is 4.90 Å². The lowest BCUT2D eigenvalue weighted by atomic mass is 10.4. The van der Waals surface area contributed by atoms with Gasteiger partial charge < -0.3 is 0 Å². The van der Waals surface area contributed by atoms with Crippen LogP contribution < -0.4 is 0 Å². The predicted octanol–water partition coefficient (Wildman–Crippen LogP) is 4.74. The Labute approximate surface area is 95.9 Å². The van der Waals surface area contributed by atoms with E-state index in [1.54, 1.807) is 3.57 Å². The highest BCUT2D eigenvalue weighted by molar-refractivity contribution is 14.2. The summed E-state index contributed by atoms with van der Waals surface area (Å²) in [7, 11) is 0. The monoisotopic (exact) mass is 308 g/mol. The molecule has 0 saturated heterocycles. The van der Waals surface area contributed by atoms with Gasteiger partial charge in [0.05, 0.1) is 0 Å². The molecule has 0 bridgehead atoms. The lowest BCUT2D eigenvalue weighted by molar-refractivity contribution is 1.42. The number of hydrogen-bond acceptors (Lipinski definition) is 1. The fourth-order valence-corrected chi connectivity index (χ4v) is 4.93. The van der Waals surface area contributed by atoms with E-state index in [-0.39, 0.29) is 20.7 Å². The van der Waals surface area contributed by atoms with Crippen molar-refractivity contribution < 1.29 is 0 Å². The normalized spacial score (nSPS) is 11.1. The highest BCUT2D eigenvalue weighted by Gasteiger charge is 2.02. The summed E-state index contributed by atoms with van der Waals surface area (Å²) in [6.45, 7) is 8.00. The second-order valence-electron chi connectivity index (χ2n) is 1.75. The number of thioether (sulfide) groups is 1. The maximum atomic E-state index is 2.35. The molecule has 74 valence electrons. The van der Waals surface area contributed by atoms with Crippen LogP contribution in [0.15, 0.2) is 29.2 Å². The second-order valence-corrected chi connectivity index (χ2v) is 5.91. The van der Waals surface area contributed by atoms with Gasteiger partial charge in [0.1, 0.15) is 0 Å². The maximum absolute atomic E-state index is 2.35. The van der Waals surface area contributed by atoms with E-state index in [2.05, 4.69) is 27.6 Å². The summed E-state index contributed by atoms with van der Waals surface area (Å²) in [6.07, 6.45) is 0. The van der Waals surface area contributed by atoms with E-state index in [0.29, 0.717) is 0 Å². The molecular weight excluding hydrogens is 291 g/mol. The van der Waals surface area contributed by atoms with Crippen LogP contribution in [0.4, 0.5) is 0 Å². The molecule has 0 radical (unpaired) electrons. The smallest absolute Gasteiger partial charge is 0.0250 e. The molecular formula is C11H17IS. The van der Waals surface area contributed by atoms with Crippen LogP contribution in [0, 0.1) is 3.57 Å². The average molecular weight is 308 g/mol. The quantitative estimate of drug-likeness (QED) is 0.624. The lowest BCUT2D eigenvalue weighted by Gasteiger charge is -1.91. The van der Waals surface area contributed by atoms with E-state index in [4.69, 9.17) is 0 Å². The van der Waals surface area contributed by atoms with E-state index < -0.39 is 0 Å². The molecule has 1 aliphatic rings.